The van der Waals surface area contributed by atoms with Crippen molar-refractivity contribution in [2.24, 2.45) is 0 Å². The molecule has 1 aromatic carbocycles. The van der Waals surface area contributed by atoms with Crippen LogP contribution in [0.2, 0.25) is 0 Å². The average molecular weight is 433 g/mol. The van der Waals surface area contributed by atoms with E-state index in [0.717, 1.165) is 25.7 Å². The minimum absolute atomic E-state index is 0.0896. The average Bonchev–Trinajstić information content (AvgIpc) is 2.79. The Balaban J connectivity index is 2.00. The summed E-state index contributed by atoms with van der Waals surface area (Å²) in [5, 5.41) is 5.84. The van der Waals surface area contributed by atoms with E-state index in [0.29, 0.717) is 16.9 Å². The first-order valence-electron chi connectivity index (χ1n) is 10.8. The predicted molar refractivity (Wildman–Crippen MR) is 124 cm³/mol. The predicted octanol–water partition coefficient (Wildman–Crippen LogP) is 3.59. The van der Waals surface area contributed by atoms with Crippen LogP contribution >= 0.6 is 0 Å². The van der Waals surface area contributed by atoms with Crippen LogP contribution in [-0.4, -0.2) is 28.7 Å². The second kappa shape index (κ2) is 11.1. The number of carbonyl (C=O) groups is 3. The van der Waals surface area contributed by atoms with Gasteiger partial charge in [0.2, 0.25) is 11.8 Å². The molecule has 7 heteroatoms. The van der Waals surface area contributed by atoms with Gasteiger partial charge in [0.1, 0.15) is 6.04 Å². The summed E-state index contributed by atoms with van der Waals surface area (Å²) < 4.78 is 0. The van der Waals surface area contributed by atoms with Crippen molar-refractivity contribution >= 4 is 29.1 Å². The summed E-state index contributed by atoms with van der Waals surface area (Å²) in [6.07, 6.45) is 8.42. The molecule has 1 atom stereocenters. The van der Waals surface area contributed by atoms with E-state index in [4.69, 9.17) is 0 Å². The lowest BCUT2D eigenvalue weighted by atomic mass is 9.94. The lowest BCUT2D eigenvalue weighted by Crippen LogP contribution is -2.47. The highest BCUT2D eigenvalue weighted by molar-refractivity contribution is 6.10. The Morgan fingerprint density at radius 3 is 2.41 bits per heavy atom. The standard InChI is InChI=1S/C25H28N4O3/c1-3-8-23(31)29(22-14-12-21(13-15-22)27-18(2)30)24(19-9-7-16-26-17-19)25(32)28-20-10-5-4-6-11-20/h7,9,12-17,20,24H,4-6,10-11H2,1-2H3,(H,27,30)(H,28,32). The minimum Gasteiger partial charge on any atom is -0.351 e. The van der Waals surface area contributed by atoms with Crippen LogP contribution in [0.25, 0.3) is 0 Å². The molecule has 0 aliphatic heterocycles. The summed E-state index contributed by atoms with van der Waals surface area (Å²) in [4.78, 5) is 43.5. The number of rotatable bonds is 6. The topological polar surface area (TPSA) is 91.4 Å². The van der Waals surface area contributed by atoms with E-state index in [9.17, 15) is 14.4 Å². The van der Waals surface area contributed by atoms with Gasteiger partial charge < -0.3 is 10.6 Å². The molecule has 2 N–H and O–H groups in total. The molecule has 1 fully saturated rings. The number of nitrogens with one attached hydrogen (secondary N) is 2. The SMILES string of the molecule is CC#CC(=O)N(c1ccc(NC(C)=O)cc1)C(C(=O)NC1CCCCC1)c1cccnc1. The Hall–Kier alpha value is -3.66. The summed E-state index contributed by atoms with van der Waals surface area (Å²) in [5.74, 6) is 4.26. The third-order valence-electron chi connectivity index (χ3n) is 5.37. The second-order valence-corrected chi connectivity index (χ2v) is 7.81. The van der Waals surface area contributed by atoms with E-state index >= 15 is 0 Å². The van der Waals surface area contributed by atoms with Crippen LogP contribution in [0.3, 0.4) is 0 Å². The van der Waals surface area contributed by atoms with Crippen molar-refractivity contribution in [2.45, 2.75) is 58.0 Å². The molecule has 32 heavy (non-hydrogen) atoms. The Kier molecular flexibility index (Phi) is 7.98. The zero-order valence-corrected chi connectivity index (χ0v) is 18.4. The van der Waals surface area contributed by atoms with E-state index in [1.165, 1.54) is 18.2 Å². The minimum atomic E-state index is -0.925. The molecule has 1 unspecified atom stereocenters. The van der Waals surface area contributed by atoms with Crippen LogP contribution in [0.15, 0.2) is 48.8 Å². The first kappa shape index (κ1) is 23.0. The fourth-order valence-electron chi connectivity index (χ4n) is 3.94. The molecule has 3 amide bonds. The lowest BCUT2D eigenvalue weighted by Gasteiger charge is -2.32. The summed E-state index contributed by atoms with van der Waals surface area (Å²) >= 11 is 0. The molecule has 7 nitrogen and oxygen atoms in total. The number of carbonyl (C=O) groups excluding carboxylic acids is 3. The summed E-state index contributed by atoms with van der Waals surface area (Å²) in [6, 6.07) is 9.45. The highest BCUT2D eigenvalue weighted by Crippen LogP contribution is 2.29. The summed E-state index contributed by atoms with van der Waals surface area (Å²) in [7, 11) is 0. The molecule has 166 valence electrons. The van der Waals surface area contributed by atoms with Crippen molar-refractivity contribution in [1.29, 1.82) is 0 Å². The number of aromatic nitrogens is 1. The van der Waals surface area contributed by atoms with E-state index in [1.54, 1.807) is 55.7 Å². The van der Waals surface area contributed by atoms with Crippen molar-refractivity contribution in [2.75, 3.05) is 10.2 Å². The van der Waals surface area contributed by atoms with Gasteiger partial charge in [-0.3, -0.25) is 24.3 Å². The fourth-order valence-corrected chi connectivity index (χ4v) is 3.94. The monoisotopic (exact) mass is 432 g/mol. The fraction of sp³-hybridized carbons (Fsp3) is 0.360. The van der Waals surface area contributed by atoms with Crippen molar-refractivity contribution in [1.82, 2.24) is 10.3 Å². The van der Waals surface area contributed by atoms with Crippen molar-refractivity contribution in [3.05, 3.63) is 54.4 Å². The molecule has 0 saturated heterocycles. The molecule has 1 aromatic heterocycles. The van der Waals surface area contributed by atoms with Crippen LogP contribution in [0.4, 0.5) is 11.4 Å². The first-order valence-corrected chi connectivity index (χ1v) is 10.8. The van der Waals surface area contributed by atoms with E-state index in [-0.39, 0.29) is 17.9 Å². The van der Waals surface area contributed by atoms with Crippen molar-refractivity contribution < 1.29 is 14.4 Å². The molecule has 0 spiro atoms. The molecule has 1 saturated carbocycles. The maximum atomic E-state index is 13.5. The normalized spacial score (nSPS) is 14.4. The Morgan fingerprint density at radius 2 is 1.81 bits per heavy atom. The quantitative estimate of drug-likeness (QED) is 0.683. The van der Waals surface area contributed by atoms with Gasteiger partial charge in [0.05, 0.1) is 0 Å². The zero-order valence-electron chi connectivity index (χ0n) is 18.4. The van der Waals surface area contributed by atoms with Gasteiger partial charge in [-0.1, -0.05) is 31.2 Å². The van der Waals surface area contributed by atoms with Crippen LogP contribution in [0.1, 0.15) is 57.6 Å². The van der Waals surface area contributed by atoms with Gasteiger partial charge >= 0.3 is 5.91 Å². The van der Waals surface area contributed by atoms with Crippen molar-refractivity contribution in [3.8, 4) is 11.8 Å². The second-order valence-electron chi connectivity index (χ2n) is 7.81. The van der Waals surface area contributed by atoms with E-state index in [1.807, 2.05) is 0 Å². The zero-order chi connectivity index (χ0) is 22.9. The van der Waals surface area contributed by atoms with E-state index < -0.39 is 11.9 Å². The summed E-state index contributed by atoms with van der Waals surface area (Å²) in [6.45, 7) is 3.01. The van der Waals surface area contributed by atoms with Crippen LogP contribution < -0.4 is 15.5 Å². The number of anilines is 2. The third-order valence-corrected chi connectivity index (χ3v) is 5.37. The highest BCUT2D eigenvalue weighted by Gasteiger charge is 2.33. The molecule has 2 aromatic rings. The van der Waals surface area contributed by atoms with Crippen LogP contribution in [0.5, 0.6) is 0 Å². The lowest BCUT2D eigenvalue weighted by molar-refractivity contribution is -0.125. The van der Waals surface area contributed by atoms with Crippen LogP contribution in [-0.2, 0) is 14.4 Å². The van der Waals surface area contributed by atoms with Gasteiger partial charge in [0, 0.05) is 42.3 Å². The number of hydrogen-bond donors (Lipinski definition) is 2. The number of hydrogen-bond acceptors (Lipinski definition) is 4. The molecule has 1 heterocycles. The van der Waals surface area contributed by atoms with Gasteiger partial charge in [-0.2, -0.15) is 0 Å². The maximum absolute atomic E-state index is 13.5. The molecular formula is C25H28N4O3. The molecule has 0 radical (unpaired) electrons. The molecule has 0 bridgehead atoms. The molecular weight excluding hydrogens is 404 g/mol. The van der Waals surface area contributed by atoms with Gasteiger partial charge in [-0.05, 0) is 56.0 Å². The highest BCUT2D eigenvalue weighted by atomic mass is 16.2. The number of pyridine rings is 1. The van der Waals surface area contributed by atoms with Gasteiger partial charge in [0.15, 0.2) is 0 Å². The van der Waals surface area contributed by atoms with Gasteiger partial charge in [-0.15, -0.1) is 0 Å². The Bertz CT molecular complexity index is 1000. The smallest absolute Gasteiger partial charge is 0.303 e. The molecule has 1 aliphatic rings. The molecule has 1 aliphatic carbocycles. The first-order chi connectivity index (χ1) is 15.5. The number of amides is 3. The Labute approximate surface area is 188 Å². The number of benzene rings is 1. The molecule has 3 rings (SSSR count). The van der Waals surface area contributed by atoms with Gasteiger partial charge in [-0.25, -0.2) is 0 Å². The van der Waals surface area contributed by atoms with E-state index in [2.05, 4.69) is 27.5 Å². The number of nitrogens with zero attached hydrogens (tertiary/aromatic N) is 2. The van der Waals surface area contributed by atoms with Crippen molar-refractivity contribution in [3.63, 3.8) is 0 Å². The van der Waals surface area contributed by atoms with Gasteiger partial charge in [0.25, 0.3) is 0 Å². The third kappa shape index (κ3) is 5.94. The van der Waals surface area contributed by atoms with Crippen LogP contribution in [0, 0.1) is 11.8 Å². The largest absolute Gasteiger partial charge is 0.351 e. The maximum Gasteiger partial charge on any atom is 0.303 e. The summed E-state index contributed by atoms with van der Waals surface area (Å²) in [5.41, 5.74) is 1.69. The Morgan fingerprint density at radius 1 is 1.09 bits per heavy atom.